The molecule has 0 bridgehead atoms. The first-order chi connectivity index (χ1) is 12.8. The molecule has 0 aliphatic rings. The highest BCUT2D eigenvalue weighted by Crippen LogP contribution is 2.17. The topological polar surface area (TPSA) is 35.5 Å². The molecule has 0 aliphatic heterocycles. The van der Waals surface area contributed by atoms with Gasteiger partial charge in [-0.3, -0.25) is 4.79 Å². The highest BCUT2D eigenvalue weighted by molar-refractivity contribution is 5.35. The van der Waals surface area contributed by atoms with E-state index in [9.17, 15) is 4.79 Å². The summed E-state index contributed by atoms with van der Waals surface area (Å²) in [7, 11) is 0. The van der Waals surface area contributed by atoms with Gasteiger partial charge in [0.1, 0.15) is 6.10 Å². The van der Waals surface area contributed by atoms with Gasteiger partial charge in [0.2, 0.25) is 0 Å². The van der Waals surface area contributed by atoms with Crippen molar-refractivity contribution in [3.63, 3.8) is 0 Å². The number of carbonyl (C=O) groups excluding carboxylic acids is 1. The molecule has 0 radical (unpaired) electrons. The molecule has 26 heavy (non-hydrogen) atoms. The Balaban J connectivity index is 3.53. The van der Waals surface area contributed by atoms with Gasteiger partial charge in [-0.25, -0.2) is 0 Å². The number of hydrogen-bond acceptors (Lipinski definition) is 3. The molecule has 0 aromatic heterocycles. The van der Waals surface area contributed by atoms with Gasteiger partial charge in [0.15, 0.2) is 0 Å². The fourth-order valence-corrected chi connectivity index (χ4v) is 3.53. The Morgan fingerprint density at radius 3 is 1.27 bits per heavy atom. The molecule has 0 heterocycles. The lowest BCUT2D eigenvalue weighted by molar-refractivity contribution is -0.288. The SMILES string of the molecule is CCCCCCCCCCCCC(CCCCCCCCC)OOC=O. The minimum absolute atomic E-state index is 0.0879. The molecule has 1 unspecified atom stereocenters. The molecule has 0 saturated heterocycles. The minimum atomic E-state index is 0.0879. The van der Waals surface area contributed by atoms with E-state index < -0.39 is 0 Å². The number of hydrogen-bond donors (Lipinski definition) is 0. The van der Waals surface area contributed by atoms with Gasteiger partial charge in [-0.2, -0.15) is 4.89 Å². The predicted octanol–water partition coefficient (Wildman–Crippen LogP) is 7.91. The van der Waals surface area contributed by atoms with Crippen LogP contribution in [0.3, 0.4) is 0 Å². The number of rotatable bonds is 22. The van der Waals surface area contributed by atoms with E-state index in [2.05, 4.69) is 18.7 Å². The Bertz CT molecular complexity index is 268. The second kappa shape index (κ2) is 22.5. The minimum Gasteiger partial charge on any atom is -0.302 e. The maximum absolute atomic E-state index is 10.4. The molecule has 0 rings (SSSR count). The first kappa shape index (κ1) is 25.4. The summed E-state index contributed by atoms with van der Waals surface area (Å²) in [5.74, 6) is 0. The van der Waals surface area contributed by atoms with Crippen LogP contribution in [0.5, 0.6) is 0 Å². The van der Waals surface area contributed by atoms with Crippen LogP contribution in [0.4, 0.5) is 0 Å². The van der Waals surface area contributed by atoms with Crippen molar-refractivity contribution < 1.29 is 14.6 Å². The zero-order valence-corrected chi connectivity index (χ0v) is 17.8. The number of unbranched alkanes of at least 4 members (excludes halogenated alkanes) is 15. The molecule has 3 nitrogen and oxygen atoms in total. The summed E-state index contributed by atoms with van der Waals surface area (Å²) in [5.41, 5.74) is 0. The van der Waals surface area contributed by atoms with Crippen LogP contribution in [-0.2, 0) is 14.6 Å². The molecule has 0 spiro atoms. The van der Waals surface area contributed by atoms with Crippen LogP contribution in [0.1, 0.15) is 136 Å². The van der Waals surface area contributed by atoms with Gasteiger partial charge < -0.3 is 4.89 Å². The van der Waals surface area contributed by atoms with E-state index in [-0.39, 0.29) is 6.10 Å². The largest absolute Gasteiger partial charge is 0.330 e. The highest BCUT2D eigenvalue weighted by atomic mass is 17.2. The smallest absolute Gasteiger partial charge is 0.302 e. The van der Waals surface area contributed by atoms with Crippen LogP contribution >= 0.6 is 0 Å². The maximum Gasteiger partial charge on any atom is 0.330 e. The normalized spacial score (nSPS) is 12.2. The Kier molecular flexibility index (Phi) is 22.0. The third-order valence-corrected chi connectivity index (χ3v) is 5.24. The summed E-state index contributed by atoms with van der Waals surface area (Å²) in [4.78, 5) is 20.2. The van der Waals surface area contributed by atoms with E-state index in [1.807, 2.05) is 0 Å². The lowest BCUT2D eigenvalue weighted by Gasteiger charge is -2.14. The molecular formula is C23H46O3. The van der Waals surface area contributed by atoms with E-state index in [0.29, 0.717) is 6.47 Å². The van der Waals surface area contributed by atoms with Crippen molar-refractivity contribution in [3.8, 4) is 0 Å². The van der Waals surface area contributed by atoms with Gasteiger partial charge in [0.25, 0.3) is 0 Å². The van der Waals surface area contributed by atoms with E-state index in [1.54, 1.807) is 0 Å². The van der Waals surface area contributed by atoms with Gasteiger partial charge >= 0.3 is 6.47 Å². The molecule has 1 atom stereocenters. The Morgan fingerprint density at radius 2 is 0.923 bits per heavy atom. The predicted molar refractivity (Wildman–Crippen MR) is 111 cm³/mol. The summed E-state index contributed by atoms with van der Waals surface area (Å²) >= 11 is 0. The molecule has 0 saturated carbocycles. The summed E-state index contributed by atoms with van der Waals surface area (Å²) < 4.78 is 0. The molecule has 3 heteroatoms. The third kappa shape index (κ3) is 19.8. The van der Waals surface area contributed by atoms with Crippen LogP contribution in [0.15, 0.2) is 0 Å². The quantitative estimate of drug-likeness (QED) is 0.0840. The molecule has 0 aliphatic carbocycles. The monoisotopic (exact) mass is 370 g/mol. The maximum atomic E-state index is 10.4. The lowest BCUT2D eigenvalue weighted by atomic mass is 10.0. The van der Waals surface area contributed by atoms with Crippen molar-refractivity contribution >= 4 is 6.47 Å². The standard InChI is InChI=1S/C23H46O3/c1-3-5-7-9-11-12-13-15-17-19-21-23(26-25-22-24)20-18-16-14-10-8-6-4-2/h22-23H,3-21H2,1-2H3. The first-order valence-corrected chi connectivity index (χ1v) is 11.6. The summed E-state index contributed by atoms with van der Waals surface area (Å²) in [6, 6.07) is 0. The van der Waals surface area contributed by atoms with Crippen LogP contribution in [0.25, 0.3) is 0 Å². The van der Waals surface area contributed by atoms with Gasteiger partial charge in [-0.15, -0.1) is 0 Å². The second-order valence-electron chi connectivity index (χ2n) is 7.79. The van der Waals surface area contributed by atoms with Crippen LogP contribution in [0, 0.1) is 0 Å². The molecule has 0 fully saturated rings. The molecule has 0 amide bonds. The van der Waals surface area contributed by atoms with E-state index >= 15 is 0 Å². The van der Waals surface area contributed by atoms with Crippen molar-refractivity contribution in [3.05, 3.63) is 0 Å². The average molecular weight is 371 g/mol. The molecule has 0 aromatic carbocycles. The molecule has 0 N–H and O–H groups in total. The van der Waals surface area contributed by atoms with Crippen molar-refractivity contribution in [1.82, 2.24) is 0 Å². The van der Waals surface area contributed by atoms with E-state index in [0.717, 1.165) is 12.8 Å². The Morgan fingerprint density at radius 1 is 0.577 bits per heavy atom. The average Bonchev–Trinajstić information content (AvgIpc) is 2.66. The summed E-state index contributed by atoms with van der Waals surface area (Å²) in [6.45, 7) is 4.92. The van der Waals surface area contributed by atoms with Crippen molar-refractivity contribution in [2.45, 2.75) is 142 Å². The van der Waals surface area contributed by atoms with Crippen molar-refractivity contribution in [2.75, 3.05) is 0 Å². The van der Waals surface area contributed by atoms with Gasteiger partial charge in [-0.05, 0) is 12.8 Å². The zero-order valence-electron chi connectivity index (χ0n) is 17.8. The zero-order chi connectivity index (χ0) is 19.1. The third-order valence-electron chi connectivity index (χ3n) is 5.24. The highest BCUT2D eigenvalue weighted by Gasteiger charge is 2.10. The van der Waals surface area contributed by atoms with Gasteiger partial charge in [0, 0.05) is 0 Å². The first-order valence-electron chi connectivity index (χ1n) is 11.6. The van der Waals surface area contributed by atoms with Crippen LogP contribution in [-0.4, -0.2) is 12.6 Å². The molecule has 156 valence electrons. The van der Waals surface area contributed by atoms with Gasteiger partial charge in [0.05, 0.1) is 0 Å². The fraction of sp³-hybridized carbons (Fsp3) is 0.957. The second-order valence-corrected chi connectivity index (χ2v) is 7.79. The molecule has 0 aromatic rings. The molecular weight excluding hydrogens is 324 g/mol. The van der Waals surface area contributed by atoms with E-state index in [4.69, 9.17) is 4.89 Å². The Hall–Kier alpha value is -0.570. The lowest BCUT2D eigenvalue weighted by Crippen LogP contribution is -2.13. The Labute approximate surface area is 163 Å². The number of carbonyl (C=O) groups is 1. The van der Waals surface area contributed by atoms with Crippen molar-refractivity contribution in [1.29, 1.82) is 0 Å². The summed E-state index contributed by atoms with van der Waals surface area (Å²) in [6.07, 6.45) is 24.7. The summed E-state index contributed by atoms with van der Waals surface area (Å²) in [5, 5.41) is 0. The van der Waals surface area contributed by atoms with Crippen LogP contribution in [0.2, 0.25) is 0 Å². The van der Waals surface area contributed by atoms with Crippen molar-refractivity contribution in [2.24, 2.45) is 0 Å². The van der Waals surface area contributed by atoms with Gasteiger partial charge in [-0.1, -0.05) is 123 Å². The van der Waals surface area contributed by atoms with E-state index in [1.165, 1.54) is 109 Å². The fourth-order valence-electron chi connectivity index (χ4n) is 3.53. The van der Waals surface area contributed by atoms with Crippen LogP contribution < -0.4 is 0 Å².